The Labute approximate surface area is 183 Å². The van der Waals surface area contributed by atoms with Crippen LogP contribution in [0.5, 0.6) is 0 Å². The molecular weight excluding hydrogens is 414 g/mol. The van der Waals surface area contributed by atoms with E-state index in [2.05, 4.69) is 20.4 Å². The number of nitrogens with zero attached hydrogens (tertiary/aromatic N) is 8. The highest BCUT2D eigenvalue weighted by molar-refractivity contribution is 6.03. The number of ketones is 1. The summed E-state index contributed by atoms with van der Waals surface area (Å²) in [6, 6.07) is 9.04. The van der Waals surface area contributed by atoms with Crippen LogP contribution < -0.4 is 21.9 Å². The van der Waals surface area contributed by atoms with Crippen LogP contribution in [0.25, 0.3) is 5.69 Å². The lowest BCUT2D eigenvalue weighted by atomic mass is 10.0. The van der Waals surface area contributed by atoms with Crippen LogP contribution in [0.15, 0.2) is 39.9 Å². The van der Waals surface area contributed by atoms with Gasteiger partial charge in [0.1, 0.15) is 11.4 Å². The molecule has 3 heterocycles. The average Bonchev–Trinajstić information content (AvgIpc) is 3.32. The highest BCUT2D eigenvalue weighted by atomic mass is 16.2. The number of tetrazole rings is 1. The van der Waals surface area contributed by atoms with Gasteiger partial charge in [0.25, 0.3) is 5.56 Å². The minimum Gasteiger partial charge on any atom is -0.384 e. The van der Waals surface area contributed by atoms with Crippen LogP contribution in [-0.4, -0.2) is 72.2 Å². The molecule has 1 unspecified atom stereocenters. The third-order valence-corrected chi connectivity index (χ3v) is 5.93. The summed E-state index contributed by atoms with van der Waals surface area (Å²) < 4.78 is 3.69. The van der Waals surface area contributed by atoms with E-state index in [1.807, 2.05) is 35.2 Å². The SMILES string of the molecule is CC(C(=O)c1c(N)n(C)c(=O)n(C)c1=O)N1CCN(c2nnnn2-c2ccccc2)CC1. The Hall–Kier alpha value is -3.80. The molecule has 1 aliphatic rings. The number of benzene rings is 1. The molecule has 168 valence electrons. The molecule has 12 nitrogen and oxygen atoms in total. The van der Waals surface area contributed by atoms with Gasteiger partial charge in [0.05, 0.1) is 11.7 Å². The molecule has 4 rings (SSSR count). The first-order valence-corrected chi connectivity index (χ1v) is 10.2. The molecule has 2 aromatic heterocycles. The fraction of sp³-hybridized carbons (Fsp3) is 0.400. The molecule has 1 saturated heterocycles. The molecule has 1 aromatic carbocycles. The van der Waals surface area contributed by atoms with Gasteiger partial charge in [-0.15, -0.1) is 0 Å². The Morgan fingerprint density at radius 1 is 1.03 bits per heavy atom. The Morgan fingerprint density at radius 3 is 2.34 bits per heavy atom. The summed E-state index contributed by atoms with van der Waals surface area (Å²) in [6.45, 7) is 4.09. The second-order valence-electron chi connectivity index (χ2n) is 7.76. The summed E-state index contributed by atoms with van der Waals surface area (Å²) >= 11 is 0. The van der Waals surface area contributed by atoms with Crippen molar-refractivity contribution in [3.8, 4) is 5.69 Å². The Kier molecular flexibility index (Phi) is 5.61. The number of anilines is 2. The zero-order chi connectivity index (χ0) is 23.0. The molecule has 0 amide bonds. The number of carbonyl (C=O) groups excluding carboxylic acids is 1. The van der Waals surface area contributed by atoms with E-state index in [0.717, 1.165) is 14.8 Å². The lowest BCUT2D eigenvalue weighted by Gasteiger charge is -2.37. The van der Waals surface area contributed by atoms with Gasteiger partial charge in [0.2, 0.25) is 5.95 Å². The highest BCUT2D eigenvalue weighted by Gasteiger charge is 2.31. The zero-order valence-electron chi connectivity index (χ0n) is 18.2. The van der Waals surface area contributed by atoms with Crippen LogP contribution in [0.2, 0.25) is 0 Å². The number of nitrogens with two attached hydrogens (primary N) is 1. The van der Waals surface area contributed by atoms with E-state index in [1.165, 1.54) is 14.1 Å². The van der Waals surface area contributed by atoms with E-state index >= 15 is 0 Å². The van der Waals surface area contributed by atoms with Crippen LogP contribution in [0, 0.1) is 0 Å². The van der Waals surface area contributed by atoms with Gasteiger partial charge in [-0.1, -0.05) is 23.3 Å². The van der Waals surface area contributed by atoms with Gasteiger partial charge in [0.15, 0.2) is 5.78 Å². The quantitative estimate of drug-likeness (QED) is 0.498. The summed E-state index contributed by atoms with van der Waals surface area (Å²) in [7, 11) is 2.77. The van der Waals surface area contributed by atoms with Crippen molar-refractivity contribution < 1.29 is 4.79 Å². The van der Waals surface area contributed by atoms with E-state index in [4.69, 9.17) is 5.73 Å². The van der Waals surface area contributed by atoms with Crippen LogP contribution in [-0.2, 0) is 14.1 Å². The van der Waals surface area contributed by atoms with Crippen molar-refractivity contribution in [1.29, 1.82) is 0 Å². The molecule has 1 fully saturated rings. The third kappa shape index (κ3) is 3.58. The standard InChI is InChI=1S/C20H25N9O3/c1-13(16(30)15-17(21)25(2)20(32)26(3)18(15)31)27-9-11-28(12-10-27)19-22-23-24-29(19)14-7-5-4-6-8-14/h4-8,13H,9-12,21H2,1-3H3. The van der Waals surface area contributed by atoms with Gasteiger partial charge in [-0.2, -0.15) is 4.68 Å². The Morgan fingerprint density at radius 2 is 1.69 bits per heavy atom. The number of carbonyl (C=O) groups is 1. The van der Waals surface area contributed by atoms with Crippen molar-refractivity contribution >= 4 is 17.5 Å². The predicted octanol–water partition coefficient (Wildman–Crippen LogP) is -0.965. The predicted molar refractivity (Wildman–Crippen MR) is 118 cm³/mol. The average molecular weight is 439 g/mol. The van der Waals surface area contributed by atoms with E-state index in [0.29, 0.717) is 32.1 Å². The molecule has 2 N–H and O–H groups in total. The van der Waals surface area contributed by atoms with Gasteiger partial charge in [-0.05, 0) is 29.5 Å². The molecular formula is C20H25N9O3. The summed E-state index contributed by atoms with van der Waals surface area (Å²) in [5, 5.41) is 12.1. The van der Waals surface area contributed by atoms with Gasteiger partial charge < -0.3 is 10.6 Å². The number of rotatable bonds is 5. The van der Waals surface area contributed by atoms with E-state index in [1.54, 1.807) is 11.6 Å². The van der Waals surface area contributed by atoms with Crippen molar-refractivity contribution in [3.63, 3.8) is 0 Å². The van der Waals surface area contributed by atoms with Gasteiger partial charge in [0, 0.05) is 40.3 Å². The Bertz CT molecular complexity index is 1250. The van der Waals surface area contributed by atoms with Crippen molar-refractivity contribution in [2.75, 3.05) is 36.8 Å². The number of aromatic nitrogens is 6. The molecule has 32 heavy (non-hydrogen) atoms. The number of Topliss-reactive ketones (excluding diaryl/α,β-unsaturated/α-hetero) is 1. The van der Waals surface area contributed by atoms with Gasteiger partial charge >= 0.3 is 5.69 Å². The first kappa shape index (κ1) is 21.4. The number of piperazine rings is 1. The van der Waals surface area contributed by atoms with Crippen molar-refractivity contribution in [1.82, 2.24) is 34.2 Å². The maximum Gasteiger partial charge on any atom is 0.332 e. The molecule has 1 atom stereocenters. The van der Waals surface area contributed by atoms with Gasteiger partial charge in [-0.25, -0.2) is 4.79 Å². The van der Waals surface area contributed by atoms with E-state index in [9.17, 15) is 14.4 Å². The molecule has 0 radical (unpaired) electrons. The second kappa shape index (κ2) is 8.38. The largest absolute Gasteiger partial charge is 0.384 e. The summed E-state index contributed by atoms with van der Waals surface area (Å²) in [6.07, 6.45) is 0. The highest BCUT2D eigenvalue weighted by Crippen LogP contribution is 2.19. The normalized spacial score (nSPS) is 15.7. The number of hydrogen-bond acceptors (Lipinski definition) is 9. The lowest BCUT2D eigenvalue weighted by molar-refractivity contribution is 0.0827. The first-order valence-electron chi connectivity index (χ1n) is 10.2. The minimum absolute atomic E-state index is 0.115. The molecule has 0 bridgehead atoms. The number of nitrogen functional groups attached to an aromatic ring is 1. The van der Waals surface area contributed by atoms with Crippen LogP contribution in [0.4, 0.5) is 11.8 Å². The third-order valence-electron chi connectivity index (χ3n) is 5.93. The molecule has 3 aromatic rings. The Balaban J connectivity index is 1.51. The minimum atomic E-state index is -0.678. The van der Waals surface area contributed by atoms with Crippen molar-refractivity contribution in [2.24, 2.45) is 14.1 Å². The summed E-state index contributed by atoms with van der Waals surface area (Å²) in [4.78, 5) is 41.8. The monoisotopic (exact) mass is 439 g/mol. The van der Waals surface area contributed by atoms with E-state index < -0.39 is 23.1 Å². The zero-order valence-corrected chi connectivity index (χ0v) is 18.2. The molecule has 0 aliphatic carbocycles. The summed E-state index contributed by atoms with van der Waals surface area (Å²) in [5.74, 6) is 0.114. The number of hydrogen-bond donors (Lipinski definition) is 1. The second-order valence-corrected chi connectivity index (χ2v) is 7.76. The van der Waals surface area contributed by atoms with Crippen LogP contribution >= 0.6 is 0 Å². The molecule has 12 heteroatoms. The van der Waals surface area contributed by atoms with Gasteiger partial charge in [-0.3, -0.25) is 23.6 Å². The first-order chi connectivity index (χ1) is 15.3. The topological polar surface area (TPSA) is 137 Å². The summed E-state index contributed by atoms with van der Waals surface area (Å²) in [5.41, 5.74) is 5.42. The van der Waals surface area contributed by atoms with Crippen LogP contribution in [0.1, 0.15) is 17.3 Å². The maximum atomic E-state index is 13.2. The fourth-order valence-corrected chi connectivity index (χ4v) is 3.89. The maximum absolute atomic E-state index is 13.2. The number of para-hydroxylation sites is 1. The smallest absolute Gasteiger partial charge is 0.332 e. The molecule has 1 aliphatic heterocycles. The van der Waals surface area contributed by atoms with Crippen LogP contribution in [0.3, 0.4) is 0 Å². The molecule has 0 spiro atoms. The fourth-order valence-electron chi connectivity index (χ4n) is 3.89. The van der Waals surface area contributed by atoms with E-state index in [-0.39, 0.29) is 11.4 Å². The molecule has 0 saturated carbocycles. The van der Waals surface area contributed by atoms with Crippen molar-refractivity contribution in [2.45, 2.75) is 13.0 Å². The van der Waals surface area contributed by atoms with Crippen molar-refractivity contribution in [3.05, 3.63) is 56.7 Å². The lowest BCUT2D eigenvalue weighted by Crippen LogP contribution is -2.53.